The Morgan fingerprint density at radius 1 is 1.40 bits per heavy atom. The molecule has 2 nitrogen and oxygen atoms in total. The van der Waals surface area contributed by atoms with Gasteiger partial charge in [-0.25, -0.2) is 0 Å². The molecule has 15 heavy (non-hydrogen) atoms. The van der Waals surface area contributed by atoms with Gasteiger partial charge in [0.2, 0.25) is 0 Å². The lowest BCUT2D eigenvalue weighted by molar-refractivity contribution is 0.270. The SMILES string of the molecule is CC1CC(N(C)C)c2cccc(Cl)c2N1. The Balaban J connectivity index is 2.46. The number of hydrogen-bond donors (Lipinski definition) is 1. The molecule has 2 unspecified atom stereocenters. The van der Waals surface area contributed by atoms with Gasteiger partial charge in [-0.1, -0.05) is 23.7 Å². The lowest BCUT2D eigenvalue weighted by atomic mass is 9.93. The number of hydrogen-bond acceptors (Lipinski definition) is 2. The first kappa shape index (κ1) is 10.8. The van der Waals surface area contributed by atoms with Crippen LogP contribution in [-0.2, 0) is 0 Å². The third-order valence-corrected chi connectivity index (χ3v) is 3.31. The Labute approximate surface area is 96.2 Å². The number of benzene rings is 1. The maximum absolute atomic E-state index is 6.20. The van der Waals surface area contributed by atoms with Crippen molar-refractivity contribution in [2.75, 3.05) is 19.4 Å². The van der Waals surface area contributed by atoms with Crippen LogP contribution in [0.5, 0.6) is 0 Å². The van der Waals surface area contributed by atoms with Gasteiger partial charge in [0.15, 0.2) is 0 Å². The van der Waals surface area contributed by atoms with Crippen molar-refractivity contribution < 1.29 is 0 Å². The first-order valence-electron chi connectivity index (χ1n) is 5.31. The normalized spacial score (nSPS) is 24.9. The average molecular weight is 225 g/mol. The molecular formula is C12H17ClN2. The Morgan fingerprint density at radius 3 is 2.80 bits per heavy atom. The summed E-state index contributed by atoms with van der Waals surface area (Å²) in [4.78, 5) is 2.26. The molecule has 1 aliphatic heterocycles. The molecule has 0 spiro atoms. The third-order valence-electron chi connectivity index (χ3n) is 3.00. The molecule has 0 aromatic heterocycles. The lowest BCUT2D eigenvalue weighted by Gasteiger charge is -2.35. The number of fused-ring (bicyclic) bond motifs is 1. The molecule has 0 radical (unpaired) electrons. The minimum Gasteiger partial charge on any atom is -0.381 e. The summed E-state index contributed by atoms with van der Waals surface area (Å²) in [5, 5.41) is 4.28. The van der Waals surface area contributed by atoms with Gasteiger partial charge in [-0.15, -0.1) is 0 Å². The second-order valence-electron chi connectivity index (χ2n) is 4.46. The second kappa shape index (κ2) is 4.03. The molecule has 2 rings (SSSR count). The zero-order valence-corrected chi connectivity index (χ0v) is 10.2. The molecule has 1 heterocycles. The first-order valence-corrected chi connectivity index (χ1v) is 5.68. The molecule has 1 aromatic rings. The van der Waals surface area contributed by atoms with Crippen LogP contribution < -0.4 is 5.32 Å². The maximum atomic E-state index is 6.20. The van der Waals surface area contributed by atoms with Crippen LogP contribution in [0.4, 0.5) is 5.69 Å². The molecule has 82 valence electrons. The van der Waals surface area contributed by atoms with Crippen LogP contribution in [0.1, 0.15) is 24.9 Å². The first-order chi connectivity index (χ1) is 7.09. The minimum absolute atomic E-state index is 0.468. The molecule has 0 saturated carbocycles. The van der Waals surface area contributed by atoms with E-state index in [1.54, 1.807) is 0 Å². The van der Waals surface area contributed by atoms with Crippen molar-refractivity contribution >= 4 is 17.3 Å². The van der Waals surface area contributed by atoms with E-state index in [0.717, 1.165) is 17.1 Å². The molecular weight excluding hydrogens is 208 g/mol. The molecule has 3 heteroatoms. The van der Waals surface area contributed by atoms with Crippen LogP contribution in [0.2, 0.25) is 5.02 Å². The Morgan fingerprint density at radius 2 is 2.13 bits per heavy atom. The van der Waals surface area contributed by atoms with Gasteiger partial charge in [-0.05, 0) is 39.1 Å². The number of para-hydroxylation sites is 1. The second-order valence-corrected chi connectivity index (χ2v) is 4.87. The van der Waals surface area contributed by atoms with Crippen LogP contribution in [0, 0.1) is 0 Å². The zero-order chi connectivity index (χ0) is 11.0. The van der Waals surface area contributed by atoms with Crippen LogP contribution in [0.15, 0.2) is 18.2 Å². The van der Waals surface area contributed by atoms with Gasteiger partial charge in [0, 0.05) is 12.1 Å². The molecule has 1 aliphatic rings. The maximum Gasteiger partial charge on any atom is 0.0641 e. The largest absolute Gasteiger partial charge is 0.381 e. The summed E-state index contributed by atoms with van der Waals surface area (Å²) in [6, 6.07) is 7.07. The van der Waals surface area contributed by atoms with Crippen LogP contribution in [0.3, 0.4) is 0 Å². The molecule has 0 aliphatic carbocycles. The molecule has 0 amide bonds. The fourth-order valence-corrected chi connectivity index (χ4v) is 2.46. The number of anilines is 1. The van der Waals surface area contributed by atoms with E-state index in [4.69, 9.17) is 11.6 Å². The van der Waals surface area contributed by atoms with Gasteiger partial charge >= 0.3 is 0 Å². The molecule has 0 bridgehead atoms. The van der Waals surface area contributed by atoms with Crippen LogP contribution in [0.25, 0.3) is 0 Å². The van der Waals surface area contributed by atoms with Crippen molar-refractivity contribution in [1.29, 1.82) is 0 Å². The van der Waals surface area contributed by atoms with Gasteiger partial charge in [0.25, 0.3) is 0 Å². The van der Waals surface area contributed by atoms with Crippen molar-refractivity contribution in [2.24, 2.45) is 0 Å². The Hall–Kier alpha value is -0.730. The van der Waals surface area contributed by atoms with Crippen molar-refractivity contribution in [1.82, 2.24) is 4.90 Å². The Bertz CT molecular complexity index is 363. The standard InChI is InChI=1S/C12H17ClN2/c1-8-7-11(15(2)3)9-5-4-6-10(13)12(9)14-8/h4-6,8,11,14H,7H2,1-3H3. The molecule has 1 aromatic carbocycles. The van der Waals surface area contributed by atoms with Gasteiger partial charge in [0.1, 0.15) is 0 Å². The molecule has 0 fully saturated rings. The van der Waals surface area contributed by atoms with Crippen molar-refractivity contribution in [3.63, 3.8) is 0 Å². The van der Waals surface area contributed by atoms with Gasteiger partial charge in [0.05, 0.1) is 10.7 Å². The van der Waals surface area contributed by atoms with E-state index >= 15 is 0 Å². The lowest BCUT2D eigenvalue weighted by Crippen LogP contribution is -2.32. The minimum atomic E-state index is 0.468. The van der Waals surface area contributed by atoms with Gasteiger partial charge in [-0.2, -0.15) is 0 Å². The predicted octanol–water partition coefficient (Wildman–Crippen LogP) is 3.15. The van der Waals surface area contributed by atoms with Crippen LogP contribution in [-0.4, -0.2) is 25.0 Å². The quantitative estimate of drug-likeness (QED) is 0.789. The highest BCUT2D eigenvalue weighted by molar-refractivity contribution is 6.33. The summed E-state index contributed by atoms with van der Waals surface area (Å²) in [6.07, 6.45) is 1.13. The van der Waals surface area contributed by atoms with E-state index in [-0.39, 0.29) is 0 Å². The van der Waals surface area contributed by atoms with Crippen LogP contribution >= 0.6 is 11.6 Å². The summed E-state index contributed by atoms with van der Waals surface area (Å²) in [6.45, 7) is 2.20. The van der Waals surface area contributed by atoms with E-state index in [0.29, 0.717) is 12.1 Å². The number of nitrogens with zero attached hydrogens (tertiary/aromatic N) is 1. The summed E-state index contributed by atoms with van der Waals surface area (Å²) < 4.78 is 0. The molecule has 0 saturated heterocycles. The molecule has 1 N–H and O–H groups in total. The average Bonchev–Trinajstić information content (AvgIpc) is 2.18. The molecule has 2 atom stereocenters. The summed E-state index contributed by atoms with van der Waals surface area (Å²) in [5.41, 5.74) is 2.42. The summed E-state index contributed by atoms with van der Waals surface area (Å²) in [5.74, 6) is 0. The highest BCUT2D eigenvalue weighted by Crippen LogP contribution is 2.39. The third kappa shape index (κ3) is 1.97. The van der Waals surface area contributed by atoms with Gasteiger partial charge < -0.3 is 10.2 Å². The van der Waals surface area contributed by atoms with Crippen molar-refractivity contribution in [2.45, 2.75) is 25.4 Å². The fourth-order valence-electron chi connectivity index (χ4n) is 2.23. The number of rotatable bonds is 1. The summed E-state index contributed by atoms with van der Waals surface area (Å²) in [7, 11) is 4.24. The highest BCUT2D eigenvalue weighted by Gasteiger charge is 2.26. The number of halogens is 1. The number of nitrogens with one attached hydrogen (secondary N) is 1. The predicted molar refractivity (Wildman–Crippen MR) is 65.6 cm³/mol. The van der Waals surface area contributed by atoms with E-state index in [2.05, 4.69) is 37.3 Å². The van der Waals surface area contributed by atoms with E-state index in [1.807, 2.05) is 12.1 Å². The van der Waals surface area contributed by atoms with Crippen molar-refractivity contribution in [3.05, 3.63) is 28.8 Å². The monoisotopic (exact) mass is 224 g/mol. The summed E-state index contributed by atoms with van der Waals surface area (Å²) >= 11 is 6.20. The fraction of sp³-hybridized carbons (Fsp3) is 0.500. The smallest absolute Gasteiger partial charge is 0.0641 e. The highest BCUT2D eigenvalue weighted by atomic mass is 35.5. The van der Waals surface area contributed by atoms with E-state index in [9.17, 15) is 0 Å². The van der Waals surface area contributed by atoms with Crippen molar-refractivity contribution in [3.8, 4) is 0 Å². The Kier molecular flexibility index (Phi) is 2.89. The van der Waals surface area contributed by atoms with Gasteiger partial charge in [-0.3, -0.25) is 0 Å². The zero-order valence-electron chi connectivity index (χ0n) is 9.42. The topological polar surface area (TPSA) is 15.3 Å². The van der Waals surface area contributed by atoms with E-state index < -0.39 is 0 Å². The van der Waals surface area contributed by atoms with E-state index in [1.165, 1.54) is 5.56 Å².